The van der Waals surface area contributed by atoms with Crippen LogP contribution in [0.2, 0.25) is 0 Å². The number of nitrogens with one attached hydrogen (secondary N) is 1. The van der Waals surface area contributed by atoms with Crippen molar-refractivity contribution < 1.29 is 0 Å². The van der Waals surface area contributed by atoms with E-state index < -0.39 is 0 Å². The van der Waals surface area contributed by atoms with Crippen LogP contribution in [0.1, 0.15) is 0 Å². The van der Waals surface area contributed by atoms with E-state index in [1.54, 1.807) is 12.4 Å². The van der Waals surface area contributed by atoms with Crippen molar-refractivity contribution in [3.63, 3.8) is 0 Å². The van der Waals surface area contributed by atoms with Crippen LogP contribution in [0.15, 0.2) is 32.5 Å². The molecule has 1 heterocycles. The Bertz CT molecular complexity index is 393. The molecule has 0 saturated heterocycles. The molecule has 0 unspecified atom stereocenters. The highest BCUT2D eigenvalue weighted by atomic mass is 79.9. The molecule has 74 valence electrons. The van der Waals surface area contributed by atoms with Gasteiger partial charge in [0, 0.05) is 18.6 Å². The van der Waals surface area contributed by atoms with Crippen LogP contribution in [-0.4, -0.2) is 22.0 Å². The summed E-state index contributed by atoms with van der Waals surface area (Å²) in [7, 11) is 0. The highest BCUT2D eigenvalue weighted by Crippen LogP contribution is 2.06. The van der Waals surface area contributed by atoms with Gasteiger partial charge in [0.25, 0.3) is 0 Å². The summed E-state index contributed by atoms with van der Waals surface area (Å²) < 4.78 is 2.73. The van der Waals surface area contributed by atoms with E-state index in [9.17, 15) is 0 Å². The Morgan fingerprint density at radius 1 is 1.71 bits per heavy atom. The van der Waals surface area contributed by atoms with E-state index in [0.717, 1.165) is 4.47 Å². The largest absolute Gasteiger partial charge is 0.404 e. The Balaban J connectivity index is 2.73. The monoisotopic (exact) mass is 319 g/mol. The maximum atomic E-state index is 7.50. The van der Waals surface area contributed by atoms with Crippen LogP contribution in [0.4, 0.5) is 0 Å². The molecule has 0 atom stereocenters. The third-order valence-corrected chi connectivity index (χ3v) is 2.12. The van der Waals surface area contributed by atoms with Crippen LogP contribution >= 0.6 is 31.9 Å². The Labute approximate surface area is 97.5 Å². The van der Waals surface area contributed by atoms with Crippen LogP contribution < -0.4 is 5.73 Å². The fraction of sp³-hybridized carbons (Fsp3) is 0. The highest BCUT2D eigenvalue weighted by molar-refractivity contribution is 9.12. The quantitative estimate of drug-likeness (QED) is 0.610. The van der Waals surface area contributed by atoms with Crippen LogP contribution in [0.5, 0.6) is 0 Å². The zero-order chi connectivity index (χ0) is 10.6. The summed E-state index contributed by atoms with van der Waals surface area (Å²) in [6.45, 7) is 0. The van der Waals surface area contributed by atoms with E-state index in [1.807, 2.05) is 0 Å². The molecule has 0 aliphatic carbocycles. The van der Waals surface area contributed by atoms with Crippen molar-refractivity contribution in [3.8, 4) is 0 Å². The minimum absolute atomic E-state index is 0.00880. The molecule has 0 bridgehead atoms. The second-order valence-corrected chi connectivity index (χ2v) is 4.07. The molecule has 0 fully saturated rings. The van der Waals surface area contributed by atoms with Crippen LogP contribution in [0, 0.1) is 5.41 Å². The average Bonchev–Trinajstić information content (AvgIpc) is 2.60. The number of nitrogens with zero attached hydrogens (tertiary/aromatic N) is 3. The summed E-state index contributed by atoms with van der Waals surface area (Å²) in [5, 5.41) is 11.4. The number of allylic oxidation sites excluding steroid dienone is 1. The van der Waals surface area contributed by atoms with Gasteiger partial charge in [-0.1, -0.05) is 0 Å². The molecule has 0 amide bonds. The van der Waals surface area contributed by atoms with Crippen molar-refractivity contribution in [2.24, 2.45) is 10.7 Å². The fourth-order valence-electron chi connectivity index (χ4n) is 0.642. The van der Waals surface area contributed by atoms with E-state index in [-0.39, 0.29) is 5.96 Å². The Kier molecular flexibility index (Phi) is 4.02. The summed E-state index contributed by atoms with van der Waals surface area (Å²) in [4.78, 5) is 3.82. The first-order chi connectivity index (χ1) is 6.63. The van der Waals surface area contributed by atoms with E-state index in [4.69, 9.17) is 11.1 Å². The molecule has 0 aromatic carbocycles. The number of aliphatic imine (C=N–C) groups is 1. The number of hydrogen-bond acceptors (Lipinski definition) is 3. The summed E-state index contributed by atoms with van der Waals surface area (Å²) >= 11 is 6.36. The van der Waals surface area contributed by atoms with Crippen molar-refractivity contribution in [1.82, 2.24) is 9.78 Å². The zero-order valence-electron chi connectivity index (χ0n) is 6.98. The van der Waals surface area contributed by atoms with E-state index in [1.165, 1.54) is 17.1 Å². The Morgan fingerprint density at radius 3 is 2.93 bits per heavy atom. The molecule has 0 radical (unpaired) electrons. The maximum absolute atomic E-state index is 7.50. The van der Waals surface area contributed by atoms with Crippen LogP contribution in [0.25, 0.3) is 0 Å². The Hall–Kier alpha value is -0.950. The van der Waals surface area contributed by atoms with Crippen molar-refractivity contribution in [1.29, 1.82) is 5.41 Å². The SMILES string of the molecule is N=C(N=CC(Br)=CN)n1cc(Br)cn1. The van der Waals surface area contributed by atoms with Gasteiger partial charge in [-0.25, -0.2) is 9.67 Å². The number of rotatable bonds is 1. The predicted molar refractivity (Wildman–Crippen MR) is 62.7 cm³/mol. The third kappa shape index (κ3) is 3.08. The maximum Gasteiger partial charge on any atom is 0.242 e. The molecule has 1 aromatic rings. The van der Waals surface area contributed by atoms with E-state index in [2.05, 4.69) is 42.0 Å². The molecule has 3 N–H and O–H groups in total. The smallest absolute Gasteiger partial charge is 0.242 e. The van der Waals surface area contributed by atoms with Crippen LogP contribution in [0.3, 0.4) is 0 Å². The van der Waals surface area contributed by atoms with Gasteiger partial charge < -0.3 is 5.73 Å². The number of nitrogens with two attached hydrogens (primary N) is 1. The van der Waals surface area contributed by atoms with Gasteiger partial charge in [-0.15, -0.1) is 0 Å². The summed E-state index contributed by atoms with van der Waals surface area (Å²) in [6.07, 6.45) is 5.99. The van der Waals surface area contributed by atoms with Gasteiger partial charge in [-0.2, -0.15) is 5.10 Å². The first kappa shape index (κ1) is 11.1. The van der Waals surface area contributed by atoms with Gasteiger partial charge >= 0.3 is 0 Å². The zero-order valence-corrected chi connectivity index (χ0v) is 10.2. The van der Waals surface area contributed by atoms with Crippen LogP contribution in [-0.2, 0) is 0 Å². The lowest BCUT2D eigenvalue weighted by atomic mass is 10.6. The van der Waals surface area contributed by atoms with Gasteiger partial charge in [0.1, 0.15) is 0 Å². The van der Waals surface area contributed by atoms with Crippen molar-refractivity contribution in [2.75, 3.05) is 0 Å². The molecule has 1 aromatic heterocycles. The number of halogens is 2. The predicted octanol–water partition coefficient (Wildman–Crippen LogP) is 1.69. The van der Waals surface area contributed by atoms with Crippen molar-refractivity contribution in [3.05, 3.63) is 27.5 Å². The van der Waals surface area contributed by atoms with E-state index >= 15 is 0 Å². The molecule has 0 aliphatic rings. The molecule has 1 rings (SSSR count). The van der Waals surface area contributed by atoms with Crippen molar-refractivity contribution >= 4 is 44.0 Å². The third-order valence-electron chi connectivity index (χ3n) is 1.24. The summed E-state index contributed by atoms with van der Waals surface area (Å²) in [5.41, 5.74) is 5.20. The lowest BCUT2D eigenvalue weighted by molar-refractivity contribution is 0.912. The standard InChI is InChI=1S/C7H7Br2N5/c8-5(1-10)2-12-7(11)14-4-6(9)3-13-14/h1-4,11H,10H2. The highest BCUT2D eigenvalue weighted by Gasteiger charge is 1.98. The minimum Gasteiger partial charge on any atom is -0.404 e. The molecule has 14 heavy (non-hydrogen) atoms. The topological polar surface area (TPSA) is 80.0 Å². The molecule has 5 nitrogen and oxygen atoms in total. The van der Waals surface area contributed by atoms with Gasteiger partial charge in [-0.3, -0.25) is 5.41 Å². The lowest BCUT2D eigenvalue weighted by Crippen LogP contribution is -2.08. The van der Waals surface area contributed by atoms with E-state index in [0.29, 0.717) is 4.48 Å². The van der Waals surface area contributed by atoms with Gasteiger partial charge in [0.05, 0.1) is 15.2 Å². The first-order valence-corrected chi connectivity index (χ1v) is 5.12. The molecule has 0 aliphatic heterocycles. The van der Waals surface area contributed by atoms with Gasteiger partial charge in [-0.05, 0) is 31.9 Å². The van der Waals surface area contributed by atoms with Gasteiger partial charge in [0.2, 0.25) is 5.96 Å². The molecular formula is C7H7Br2N5. The average molecular weight is 321 g/mol. The van der Waals surface area contributed by atoms with Gasteiger partial charge in [0.15, 0.2) is 0 Å². The fourth-order valence-corrected chi connectivity index (χ4v) is 1.03. The summed E-state index contributed by atoms with van der Waals surface area (Å²) in [6, 6.07) is 0. The normalized spacial score (nSPS) is 12.3. The number of hydrogen-bond donors (Lipinski definition) is 2. The lowest BCUT2D eigenvalue weighted by Gasteiger charge is -1.94. The first-order valence-electron chi connectivity index (χ1n) is 3.54. The number of aromatic nitrogens is 2. The molecule has 0 saturated carbocycles. The Morgan fingerprint density at radius 2 is 2.43 bits per heavy atom. The van der Waals surface area contributed by atoms with Crippen molar-refractivity contribution in [2.45, 2.75) is 0 Å². The minimum atomic E-state index is 0.00880. The molecule has 0 spiro atoms. The molecule has 7 heteroatoms. The second kappa shape index (κ2) is 5.06. The second-order valence-electron chi connectivity index (χ2n) is 2.24. The summed E-state index contributed by atoms with van der Waals surface area (Å²) in [5.74, 6) is 0.00880. The molecular weight excluding hydrogens is 314 g/mol.